The molecule has 1 aromatic carbocycles. The highest BCUT2D eigenvalue weighted by atomic mass is 19.4. The Labute approximate surface area is 125 Å². The summed E-state index contributed by atoms with van der Waals surface area (Å²) in [6, 6.07) is 9.12. The Hall–Kier alpha value is -2.05. The molecule has 1 aromatic rings. The Kier molecular flexibility index (Phi) is 4.73. The molecule has 4 nitrogen and oxygen atoms in total. The number of halogens is 3. The monoisotopic (exact) mass is 315 g/mol. The Balaban J connectivity index is 1.98. The van der Waals surface area contributed by atoms with E-state index in [1.807, 2.05) is 30.3 Å². The number of amides is 1. The van der Waals surface area contributed by atoms with Crippen molar-refractivity contribution >= 4 is 11.9 Å². The molecule has 1 aliphatic rings. The molecule has 0 radical (unpaired) electrons. The zero-order valence-electron chi connectivity index (χ0n) is 11.7. The molecule has 1 heterocycles. The molecule has 22 heavy (non-hydrogen) atoms. The van der Waals surface area contributed by atoms with Gasteiger partial charge in [-0.05, 0) is 12.0 Å². The molecule has 2 atom stereocenters. The van der Waals surface area contributed by atoms with Crippen molar-refractivity contribution in [2.75, 3.05) is 13.1 Å². The van der Waals surface area contributed by atoms with E-state index in [9.17, 15) is 22.8 Å². The lowest BCUT2D eigenvalue weighted by Gasteiger charge is -2.18. The van der Waals surface area contributed by atoms with Crippen LogP contribution in [0.1, 0.15) is 12.0 Å². The van der Waals surface area contributed by atoms with Crippen LogP contribution in [0.5, 0.6) is 0 Å². The molecule has 0 spiro atoms. The normalized spacial score (nSPS) is 21.9. The first-order valence-corrected chi connectivity index (χ1v) is 6.90. The number of aryl methyl sites for hydroxylation is 1. The minimum atomic E-state index is -4.61. The fourth-order valence-corrected chi connectivity index (χ4v) is 2.64. The highest BCUT2D eigenvalue weighted by molar-refractivity contribution is 5.79. The molecule has 0 bridgehead atoms. The van der Waals surface area contributed by atoms with Gasteiger partial charge in [-0.1, -0.05) is 30.3 Å². The van der Waals surface area contributed by atoms with Crippen LogP contribution in [-0.4, -0.2) is 41.1 Å². The molecule has 1 saturated heterocycles. The van der Waals surface area contributed by atoms with Crippen molar-refractivity contribution in [2.24, 2.45) is 11.8 Å². The fourth-order valence-electron chi connectivity index (χ4n) is 2.64. The van der Waals surface area contributed by atoms with Crippen molar-refractivity contribution in [3.05, 3.63) is 35.9 Å². The topological polar surface area (TPSA) is 57.6 Å². The summed E-state index contributed by atoms with van der Waals surface area (Å²) in [4.78, 5) is 24.0. The van der Waals surface area contributed by atoms with Crippen LogP contribution in [0.3, 0.4) is 0 Å². The number of likely N-dealkylation sites (tertiary alicyclic amines) is 1. The van der Waals surface area contributed by atoms with Crippen LogP contribution in [0.2, 0.25) is 0 Å². The van der Waals surface area contributed by atoms with Gasteiger partial charge >= 0.3 is 12.1 Å². The van der Waals surface area contributed by atoms with Crippen molar-refractivity contribution < 1.29 is 27.9 Å². The van der Waals surface area contributed by atoms with Crippen LogP contribution >= 0.6 is 0 Å². The van der Waals surface area contributed by atoms with E-state index >= 15 is 0 Å². The quantitative estimate of drug-likeness (QED) is 0.928. The molecule has 7 heteroatoms. The Morgan fingerprint density at radius 2 is 1.82 bits per heavy atom. The zero-order valence-corrected chi connectivity index (χ0v) is 11.7. The second-order valence-corrected chi connectivity index (χ2v) is 5.38. The van der Waals surface area contributed by atoms with Crippen LogP contribution in [0.25, 0.3) is 0 Å². The summed E-state index contributed by atoms with van der Waals surface area (Å²) in [6.45, 7) is -0.957. The number of benzene rings is 1. The standard InChI is InChI=1S/C15H16F3NO3/c16-15(17,18)12-9-19(8-11(12)14(21)22)13(20)7-6-10-4-2-1-3-5-10/h1-5,11-12H,6-9H2,(H,21,22)/t11-,12-/m1/s1. The first-order valence-electron chi connectivity index (χ1n) is 6.90. The Bertz CT molecular complexity index is 545. The second-order valence-electron chi connectivity index (χ2n) is 5.38. The lowest BCUT2D eigenvalue weighted by Crippen LogP contribution is -2.34. The summed E-state index contributed by atoms with van der Waals surface area (Å²) in [5.74, 6) is -5.53. The van der Waals surface area contributed by atoms with Gasteiger partial charge in [0.1, 0.15) is 0 Å². The molecule has 120 valence electrons. The molecule has 0 aromatic heterocycles. The third kappa shape index (κ3) is 3.78. The molecule has 0 saturated carbocycles. The molecular weight excluding hydrogens is 299 g/mol. The number of hydrogen-bond acceptors (Lipinski definition) is 2. The number of rotatable bonds is 4. The van der Waals surface area contributed by atoms with E-state index in [0.717, 1.165) is 10.5 Å². The summed E-state index contributed by atoms with van der Waals surface area (Å²) in [5, 5.41) is 8.92. The van der Waals surface area contributed by atoms with Gasteiger partial charge in [-0.2, -0.15) is 13.2 Å². The maximum Gasteiger partial charge on any atom is 0.394 e. The summed E-state index contributed by atoms with van der Waals surface area (Å²) in [7, 11) is 0. The minimum absolute atomic E-state index is 0.0704. The van der Waals surface area contributed by atoms with Gasteiger partial charge in [0.25, 0.3) is 0 Å². The molecule has 1 aliphatic heterocycles. The first-order chi connectivity index (χ1) is 10.3. The maximum absolute atomic E-state index is 12.9. The number of alkyl halides is 3. The predicted molar refractivity (Wildman–Crippen MR) is 72.0 cm³/mol. The Morgan fingerprint density at radius 3 is 2.32 bits per heavy atom. The number of carboxylic acids is 1. The molecule has 2 rings (SSSR count). The number of nitrogens with zero attached hydrogens (tertiary/aromatic N) is 1. The number of aliphatic carboxylic acids is 1. The van der Waals surface area contributed by atoms with Crippen molar-refractivity contribution in [1.29, 1.82) is 0 Å². The summed E-state index contributed by atoms with van der Waals surface area (Å²) in [5.41, 5.74) is 0.914. The third-order valence-corrected chi connectivity index (χ3v) is 3.88. The van der Waals surface area contributed by atoms with Crippen molar-refractivity contribution in [2.45, 2.75) is 19.0 Å². The molecule has 1 N–H and O–H groups in total. The van der Waals surface area contributed by atoms with E-state index in [2.05, 4.69) is 0 Å². The average molecular weight is 315 g/mol. The molecular formula is C15H16F3NO3. The van der Waals surface area contributed by atoms with Gasteiger partial charge < -0.3 is 10.0 Å². The third-order valence-electron chi connectivity index (χ3n) is 3.88. The van der Waals surface area contributed by atoms with Crippen molar-refractivity contribution in [3.8, 4) is 0 Å². The zero-order chi connectivity index (χ0) is 16.3. The highest BCUT2D eigenvalue weighted by Gasteiger charge is 2.53. The first kappa shape index (κ1) is 16.3. The summed E-state index contributed by atoms with van der Waals surface area (Å²) in [6.07, 6.45) is -4.12. The maximum atomic E-state index is 12.9. The number of carboxylic acid groups (broad SMARTS) is 1. The second kappa shape index (κ2) is 6.37. The Morgan fingerprint density at radius 1 is 1.18 bits per heavy atom. The SMILES string of the molecule is O=C(O)[C@@H]1CN(C(=O)CCc2ccccc2)C[C@H]1C(F)(F)F. The summed E-state index contributed by atoms with van der Waals surface area (Å²) < 4.78 is 38.6. The molecule has 0 aliphatic carbocycles. The highest BCUT2D eigenvalue weighted by Crippen LogP contribution is 2.37. The number of carbonyl (C=O) groups excluding carboxylic acids is 1. The lowest BCUT2D eigenvalue weighted by atomic mass is 9.96. The summed E-state index contributed by atoms with van der Waals surface area (Å²) >= 11 is 0. The lowest BCUT2D eigenvalue weighted by molar-refractivity contribution is -0.188. The largest absolute Gasteiger partial charge is 0.481 e. The van der Waals surface area contributed by atoms with Crippen molar-refractivity contribution in [3.63, 3.8) is 0 Å². The van der Waals surface area contributed by atoms with Gasteiger partial charge in [0.05, 0.1) is 11.8 Å². The van der Waals surface area contributed by atoms with E-state index in [-0.39, 0.29) is 13.0 Å². The van der Waals surface area contributed by atoms with Gasteiger partial charge in [-0.25, -0.2) is 0 Å². The average Bonchev–Trinajstić information content (AvgIpc) is 2.91. The number of hydrogen-bond donors (Lipinski definition) is 1. The molecule has 1 amide bonds. The minimum Gasteiger partial charge on any atom is -0.481 e. The van der Waals surface area contributed by atoms with Gasteiger partial charge in [0, 0.05) is 19.5 Å². The van der Waals surface area contributed by atoms with Gasteiger partial charge in [0.15, 0.2) is 0 Å². The van der Waals surface area contributed by atoms with E-state index < -0.39 is 36.4 Å². The smallest absolute Gasteiger partial charge is 0.394 e. The van der Waals surface area contributed by atoms with E-state index in [4.69, 9.17) is 5.11 Å². The van der Waals surface area contributed by atoms with Gasteiger partial charge in [-0.15, -0.1) is 0 Å². The number of carbonyl (C=O) groups is 2. The van der Waals surface area contributed by atoms with Crippen LogP contribution in [0.15, 0.2) is 30.3 Å². The van der Waals surface area contributed by atoms with Gasteiger partial charge in [0.2, 0.25) is 5.91 Å². The molecule has 1 fully saturated rings. The van der Waals surface area contributed by atoms with E-state index in [0.29, 0.717) is 6.42 Å². The van der Waals surface area contributed by atoms with E-state index in [1.54, 1.807) is 0 Å². The van der Waals surface area contributed by atoms with Crippen molar-refractivity contribution in [1.82, 2.24) is 4.90 Å². The van der Waals surface area contributed by atoms with Crippen LogP contribution in [-0.2, 0) is 16.0 Å². The fraction of sp³-hybridized carbons (Fsp3) is 0.467. The van der Waals surface area contributed by atoms with Crippen LogP contribution in [0, 0.1) is 11.8 Å². The molecule has 0 unspecified atom stereocenters. The van der Waals surface area contributed by atoms with E-state index in [1.165, 1.54) is 0 Å². The predicted octanol–water partition coefficient (Wildman–Crippen LogP) is 2.34. The van der Waals surface area contributed by atoms with Crippen LogP contribution < -0.4 is 0 Å². The van der Waals surface area contributed by atoms with Gasteiger partial charge in [-0.3, -0.25) is 9.59 Å². The van der Waals surface area contributed by atoms with Crippen LogP contribution in [0.4, 0.5) is 13.2 Å².